The second-order valence-electron chi connectivity index (χ2n) is 5.12. The summed E-state index contributed by atoms with van der Waals surface area (Å²) in [4.78, 5) is 4.36. The normalized spacial score (nSPS) is 13.1. The van der Waals surface area contributed by atoms with Crippen molar-refractivity contribution in [2.75, 3.05) is 17.6 Å². The van der Waals surface area contributed by atoms with Gasteiger partial charge in [0.2, 0.25) is 0 Å². The highest BCUT2D eigenvalue weighted by atomic mass is 19.4. The van der Waals surface area contributed by atoms with Gasteiger partial charge >= 0.3 is 6.36 Å². The van der Waals surface area contributed by atoms with Crippen LogP contribution >= 0.6 is 0 Å². The third-order valence-electron chi connectivity index (χ3n) is 3.57. The first kappa shape index (κ1) is 15.9. The van der Waals surface area contributed by atoms with E-state index in [1.165, 1.54) is 12.1 Å². The van der Waals surface area contributed by atoms with Crippen molar-refractivity contribution in [3.05, 3.63) is 42.5 Å². The third kappa shape index (κ3) is 3.05. The highest BCUT2D eigenvalue weighted by Crippen LogP contribution is 2.43. The van der Waals surface area contributed by atoms with Gasteiger partial charge in [0.15, 0.2) is 0 Å². The van der Waals surface area contributed by atoms with Crippen LogP contribution in [0.25, 0.3) is 17.2 Å². The molecule has 0 saturated carbocycles. The number of ether oxygens (including phenoxy) is 1. The molecule has 0 spiro atoms. The monoisotopic (exact) mass is 333 g/mol. The summed E-state index contributed by atoms with van der Waals surface area (Å²) in [5, 5.41) is 3.22. The van der Waals surface area contributed by atoms with E-state index >= 15 is 0 Å². The first-order valence-electron chi connectivity index (χ1n) is 7.10. The smallest absolute Gasteiger partial charge is 0.406 e. The molecule has 2 aromatic carbocycles. The summed E-state index contributed by atoms with van der Waals surface area (Å²) in [5.74, 6) is -0.276. The number of aliphatic imine (C=N–C) groups is 1. The summed E-state index contributed by atoms with van der Waals surface area (Å²) in [6, 6.07) is 7.37. The highest BCUT2D eigenvalue weighted by molar-refractivity contribution is 5.98. The van der Waals surface area contributed by atoms with E-state index in [0.29, 0.717) is 29.0 Å². The Morgan fingerprint density at radius 2 is 1.96 bits per heavy atom. The summed E-state index contributed by atoms with van der Waals surface area (Å²) in [6.45, 7) is 4.29. The minimum Gasteiger partial charge on any atom is -0.406 e. The van der Waals surface area contributed by atoms with E-state index in [1.807, 2.05) is 0 Å². The van der Waals surface area contributed by atoms with Crippen molar-refractivity contribution in [1.29, 1.82) is 0 Å². The van der Waals surface area contributed by atoms with Gasteiger partial charge in [-0.3, -0.25) is 4.99 Å². The van der Waals surface area contributed by atoms with Crippen LogP contribution in [0.1, 0.15) is 5.56 Å². The molecule has 3 N–H and O–H groups in total. The molecule has 124 valence electrons. The Balaban J connectivity index is 2.05. The zero-order valence-corrected chi connectivity index (χ0v) is 12.5. The van der Waals surface area contributed by atoms with Crippen LogP contribution in [0.2, 0.25) is 0 Å². The lowest BCUT2D eigenvalue weighted by Crippen LogP contribution is -2.17. The zero-order valence-electron chi connectivity index (χ0n) is 12.5. The molecule has 7 heteroatoms. The van der Waals surface area contributed by atoms with Crippen LogP contribution in [0.15, 0.2) is 41.9 Å². The minimum absolute atomic E-state index is 0.276. The Bertz CT molecular complexity index is 811. The molecule has 0 saturated heterocycles. The van der Waals surface area contributed by atoms with E-state index in [1.54, 1.807) is 30.5 Å². The van der Waals surface area contributed by atoms with Crippen molar-refractivity contribution in [1.82, 2.24) is 0 Å². The van der Waals surface area contributed by atoms with Crippen LogP contribution in [0.3, 0.4) is 0 Å². The molecule has 3 rings (SSSR count). The van der Waals surface area contributed by atoms with Crippen LogP contribution in [0.4, 0.5) is 30.2 Å². The van der Waals surface area contributed by atoms with Crippen LogP contribution in [0, 0.1) is 0 Å². The number of nitrogens with zero attached hydrogens (tertiary/aromatic N) is 1. The van der Waals surface area contributed by atoms with Crippen molar-refractivity contribution in [2.24, 2.45) is 4.99 Å². The van der Waals surface area contributed by atoms with Gasteiger partial charge in [-0.05, 0) is 23.8 Å². The van der Waals surface area contributed by atoms with Gasteiger partial charge in [0, 0.05) is 23.0 Å². The standard InChI is InChI=1S/C17H14F3N3O/c1-2-12-14(21)9-13(16-15(12)22-7-8-23-16)10-3-5-11(6-4-10)24-17(18,19)20/h2-7,9,23H,1,8,21H2. The van der Waals surface area contributed by atoms with E-state index in [0.717, 1.165) is 11.3 Å². The van der Waals surface area contributed by atoms with Gasteiger partial charge in [-0.2, -0.15) is 0 Å². The number of anilines is 2. The lowest BCUT2D eigenvalue weighted by molar-refractivity contribution is -0.274. The Morgan fingerprint density at radius 3 is 2.58 bits per heavy atom. The largest absolute Gasteiger partial charge is 0.573 e. The van der Waals surface area contributed by atoms with Gasteiger partial charge in [0.25, 0.3) is 0 Å². The lowest BCUT2D eigenvalue weighted by Gasteiger charge is -2.20. The maximum absolute atomic E-state index is 12.3. The third-order valence-corrected chi connectivity index (χ3v) is 3.57. The Morgan fingerprint density at radius 1 is 1.25 bits per heavy atom. The molecular formula is C17H14F3N3O. The topological polar surface area (TPSA) is 59.6 Å². The molecule has 2 aromatic rings. The number of rotatable bonds is 3. The Labute approximate surface area is 136 Å². The molecule has 0 fully saturated rings. The summed E-state index contributed by atoms with van der Waals surface area (Å²) in [5.41, 5.74) is 10.2. The summed E-state index contributed by atoms with van der Waals surface area (Å²) >= 11 is 0. The molecule has 0 atom stereocenters. The van der Waals surface area contributed by atoms with Crippen LogP contribution in [0.5, 0.6) is 5.75 Å². The average Bonchev–Trinajstić information content (AvgIpc) is 2.53. The summed E-state index contributed by atoms with van der Waals surface area (Å²) in [6.07, 6.45) is -1.37. The first-order chi connectivity index (χ1) is 11.4. The van der Waals surface area contributed by atoms with Gasteiger partial charge < -0.3 is 15.8 Å². The molecule has 0 bridgehead atoms. The molecule has 0 aliphatic carbocycles. The van der Waals surface area contributed by atoms with Crippen molar-refractivity contribution in [2.45, 2.75) is 6.36 Å². The van der Waals surface area contributed by atoms with Gasteiger partial charge in [-0.15, -0.1) is 13.2 Å². The van der Waals surface area contributed by atoms with Crippen LogP contribution < -0.4 is 15.8 Å². The number of hydrogen-bond donors (Lipinski definition) is 2. The fourth-order valence-corrected chi connectivity index (χ4v) is 2.58. The minimum atomic E-state index is -4.72. The second-order valence-corrected chi connectivity index (χ2v) is 5.12. The molecule has 0 amide bonds. The lowest BCUT2D eigenvalue weighted by atomic mass is 9.97. The van der Waals surface area contributed by atoms with Gasteiger partial charge in [0.1, 0.15) is 5.75 Å². The SMILES string of the molecule is C=Cc1c(N)cc(-c2ccc(OC(F)(F)F)cc2)c2c1N=CCN2. The van der Waals surface area contributed by atoms with Gasteiger partial charge in [-0.1, -0.05) is 24.8 Å². The number of nitrogens with two attached hydrogens (primary N) is 1. The number of alkyl halides is 3. The first-order valence-corrected chi connectivity index (χ1v) is 7.10. The molecule has 0 aromatic heterocycles. The Hall–Kier alpha value is -2.96. The predicted molar refractivity (Wildman–Crippen MR) is 89.7 cm³/mol. The van der Waals surface area contributed by atoms with E-state index in [9.17, 15) is 13.2 Å². The van der Waals surface area contributed by atoms with Gasteiger partial charge in [-0.25, -0.2) is 0 Å². The molecule has 0 radical (unpaired) electrons. The zero-order chi connectivity index (χ0) is 17.3. The molecular weight excluding hydrogens is 319 g/mol. The van der Waals surface area contributed by atoms with Crippen molar-refractivity contribution in [3.63, 3.8) is 0 Å². The number of nitrogens with one attached hydrogen (secondary N) is 1. The fourth-order valence-electron chi connectivity index (χ4n) is 2.58. The maximum atomic E-state index is 12.3. The van der Waals surface area contributed by atoms with E-state index in [-0.39, 0.29) is 5.75 Å². The number of fused-ring (bicyclic) bond motifs is 1. The van der Waals surface area contributed by atoms with Crippen LogP contribution in [-0.2, 0) is 0 Å². The van der Waals surface area contributed by atoms with E-state index in [4.69, 9.17) is 5.73 Å². The molecule has 4 nitrogen and oxygen atoms in total. The second kappa shape index (κ2) is 5.92. The molecule has 1 aliphatic rings. The quantitative estimate of drug-likeness (QED) is 0.807. The predicted octanol–water partition coefficient (Wildman–Crippen LogP) is 4.61. The number of halogens is 3. The average molecular weight is 333 g/mol. The van der Waals surface area contributed by atoms with Crippen molar-refractivity contribution < 1.29 is 17.9 Å². The number of hydrogen-bond acceptors (Lipinski definition) is 4. The van der Waals surface area contributed by atoms with E-state index < -0.39 is 6.36 Å². The number of nitrogen functional groups attached to an aromatic ring is 1. The van der Waals surface area contributed by atoms with Gasteiger partial charge in [0.05, 0.1) is 17.9 Å². The highest BCUT2D eigenvalue weighted by Gasteiger charge is 2.31. The van der Waals surface area contributed by atoms with Crippen molar-refractivity contribution >= 4 is 29.4 Å². The molecule has 0 unspecified atom stereocenters. The fraction of sp³-hybridized carbons (Fsp3) is 0.118. The van der Waals surface area contributed by atoms with Crippen LogP contribution in [-0.4, -0.2) is 19.1 Å². The number of benzene rings is 2. The maximum Gasteiger partial charge on any atom is 0.573 e. The van der Waals surface area contributed by atoms with Crippen molar-refractivity contribution in [3.8, 4) is 16.9 Å². The molecule has 1 aliphatic heterocycles. The Kier molecular flexibility index (Phi) is 3.92. The molecule has 1 heterocycles. The summed E-state index contributed by atoms with van der Waals surface area (Å²) in [7, 11) is 0. The molecule has 24 heavy (non-hydrogen) atoms. The van der Waals surface area contributed by atoms with E-state index in [2.05, 4.69) is 21.6 Å². The summed E-state index contributed by atoms with van der Waals surface area (Å²) < 4.78 is 40.6.